The van der Waals surface area contributed by atoms with E-state index < -0.39 is 45.6 Å². The summed E-state index contributed by atoms with van der Waals surface area (Å²) >= 11 is 3.15. The van der Waals surface area contributed by atoms with Crippen molar-refractivity contribution in [2.75, 3.05) is 96.0 Å². The first kappa shape index (κ1) is 72.5. The highest BCUT2D eigenvalue weighted by molar-refractivity contribution is 9.10. The number of nitro benzene ring substituents is 2. The highest BCUT2D eigenvalue weighted by Gasteiger charge is 2.51. The Morgan fingerprint density at radius 3 is 1.10 bits per heavy atom. The van der Waals surface area contributed by atoms with Crippen molar-refractivity contribution < 1.29 is 65.9 Å². The Morgan fingerprint density at radius 1 is 0.488 bits per heavy atom. The molecule has 28 heteroatoms. The second kappa shape index (κ2) is 36.2. The molecule has 0 saturated carbocycles. The average Bonchev–Trinajstić information content (AvgIpc) is 2.46. The van der Waals surface area contributed by atoms with E-state index in [0.29, 0.717) is 63.7 Å². The molecule has 0 radical (unpaired) electrons. The van der Waals surface area contributed by atoms with Gasteiger partial charge in [0.15, 0.2) is 11.6 Å². The Labute approximate surface area is 492 Å². The predicted molar refractivity (Wildman–Crippen MR) is 324 cm³/mol. The lowest BCUT2D eigenvalue weighted by Gasteiger charge is -2.32. The van der Waals surface area contributed by atoms with E-state index in [-0.39, 0.29) is 85.3 Å². The number of benzene rings is 6. The van der Waals surface area contributed by atoms with Crippen LogP contribution < -0.4 is 48.8 Å². The number of nitrogens with zero attached hydrogens (tertiary/aromatic N) is 2. The third kappa shape index (κ3) is 25.5. The minimum atomic E-state index is -0.701. The molecule has 1 aliphatic heterocycles. The van der Waals surface area contributed by atoms with E-state index in [1.165, 1.54) is 48.5 Å². The fourth-order valence-corrected chi connectivity index (χ4v) is 6.97. The van der Waals surface area contributed by atoms with E-state index in [9.17, 15) is 46.6 Å². The molecule has 1 saturated heterocycles. The molecule has 0 aromatic heterocycles. The number of nitrogens with one attached hydrogen (secondary N) is 6. The molecule has 460 valence electrons. The molecule has 0 bridgehead atoms. The molecule has 0 unspecified atom stereocenters. The second-order valence-corrected chi connectivity index (χ2v) is 20.4. The third-order valence-corrected chi connectivity index (χ3v) is 11.9. The Hall–Kier alpha value is -7.60. The van der Waals surface area contributed by atoms with Crippen molar-refractivity contribution in [1.82, 2.24) is 0 Å². The summed E-state index contributed by atoms with van der Waals surface area (Å²) < 4.78 is 91.7. The zero-order valence-corrected chi connectivity index (χ0v) is 49.3. The monoisotopic (exact) mass is 1250 g/mol. The Kier molecular flexibility index (Phi) is 31.2. The van der Waals surface area contributed by atoms with E-state index in [1.807, 2.05) is 55.4 Å². The summed E-state index contributed by atoms with van der Waals surface area (Å²) in [4.78, 5) is 19.3. The van der Waals surface area contributed by atoms with Crippen LogP contribution in [0.3, 0.4) is 0 Å². The molecular weight excluding hydrogens is 1180 g/mol. The van der Waals surface area contributed by atoms with Gasteiger partial charge in [-0.15, -0.1) is 0 Å². The number of rotatable bonds is 19. The number of halogens is 7. The zero-order chi connectivity index (χ0) is 63.3. The van der Waals surface area contributed by atoms with Crippen LogP contribution in [0.5, 0.6) is 0 Å². The number of aliphatic hydroxyl groups is 4. The van der Waals surface area contributed by atoms with E-state index in [0.717, 1.165) is 12.1 Å². The van der Waals surface area contributed by atoms with Crippen molar-refractivity contribution in [3.63, 3.8) is 0 Å². The summed E-state index contributed by atoms with van der Waals surface area (Å²) in [5.74, 6) is -2.71. The highest BCUT2D eigenvalue weighted by Crippen LogP contribution is 2.37. The van der Waals surface area contributed by atoms with Gasteiger partial charge in [-0.2, -0.15) is 0 Å². The molecule has 0 amide bonds. The zero-order valence-electron chi connectivity index (χ0n) is 47.7. The minimum Gasteiger partial charge on any atom is -0.399 e. The molecule has 6 aromatic carbocycles. The predicted octanol–water partition coefficient (Wildman–Crippen LogP) is 10.3. The van der Waals surface area contributed by atoms with Crippen LogP contribution in [0.25, 0.3) is 0 Å². The van der Waals surface area contributed by atoms with Crippen molar-refractivity contribution in [2.45, 2.75) is 78.7 Å². The molecule has 14 N–H and O–H groups in total. The van der Waals surface area contributed by atoms with Crippen LogP contribution in [0, 0.1) is 55.1 Å². The summed E-state index contributed by atoms with van der Waals surface area (Å²) in [7, 11) is -0.568. The van der Waals surface area contributed by atoms with Crippen LogP contribution in [0.15, 0.2) is 114 Å². The van der Waals surface area contributed by atoms with Gasteiger partial charge in [-0.05, 0) is 140 Å². The van der Waals surface area contributed by atoms with Gasteiger partial charge in [-0.25, -0.2) is 26.3 Å². The summed E-state index contributed by atoms with van der Waals surface area (Å²) in [6.07, 6.45) is 0. The normalized spacial score (nSPS) is 12.5. The van der Waals surface area contributed by atoms with Gasteiger partial charge in [0.1, 0.15) is 23.3 Å². The van der Waals surface area contributed by atoms with Gasteiger partial charge in [-0.3, -0.25) is 20.2 Å². The lowest BCUT2D eigenvalue weighted by molar-refractivity contribution is -0.385. The number of anilines is 8. The maximum Gasteiger partial charge on any atom is 0.494 e. The lowest BCUT2D eigenvalue weighted by Crippen LogP contribution is -2.41. The first-order chi connectivity index (χ1) is 39.5. The van der Waals surface area contributed by atoms with E-state index in [1.54, 1.807) is 48.5 Å². The first-order valence-electron chi connectivity index (χ1n) is 26.0. The maximum absolute atomic E-state index is 14.0. The molecule has 84 heavy (non-hydrogen) atoms. The van der Waals surface area contributed by atoms with Crippen molar-refractivity contribution >= 4 is 85.4 Å². The minimum absolute atomic E-state index is 0.00446. The molecule has 1 heterocycles. The van der Waals surface area contributed by atoms with Gasteiger partial charge < -0.3 is 73.1 Å². The molecule has 6 aromatic rings. The van der Waals surface area contributed by atoms with Crippen LogP contribution >= 0.6 is 15.9 Å². The van der Waals surface area contributed by atoms with Gasteiger partial charge in [0.05, 0.1) is 93.7 Å². The highest BCUT2D eigenvalue weighted by atomic mass is 79.9. The number of nitrogens with two attached hydrogens (primary N) is 2. The topological polar surface area (TPSA) is 310 Å². The molecule has 7 rings (SSSR count). The molecule has 0 spiro atoms. The van der Waals surface area contributed by atoms with E-state index >= 15 is 0 Å². The summed E-state index contributed by atoms with van der Waals surface area (Å²) in [5, 5.41) is 71.4. The van der Waals surface area contributed by atoms with Crippen LogP contribution in [0.1, 0.15) is 55.4 Å². The molecule has 0 aliphatic carbocycles. The van der Waals surface area contributed by atoms with Gasteiger partial charge in [0.25, 0.3) is 11.4 Å². The summed E-state index contributed by atoms with van der Waals surface area (Å²) in [6.45, 7) is 16.5. The van der Waals surface area contributed by atoms with Crippen molar-refractivity contribution in [1.29, 1.82) is 0 Å². The Bertz CT molecular complexity index is 2940. The number of aliphatic hydroxyl groups excluding tert-OH is 4. The van der Waals surface area contributed by atoms with Crippen LogP contribution in [0.2, 0.25) is 0 Å². The first-order valence-corrected chi connectivity index (χ1v) is 26.8. The van der Waals surface area contributed by atoms with Gasteiger partial charge in [-0.1, -0.05) is 22.0 Å². The van der Waals surface area contributed by atoms with Gasteiger partial charge in [0, 0.05) is 66.2 Å². The number of hydrogen-bond acceptors (Lipinski definition) is 18. The quantitative estimate of drug-likeness (QED) is 0.0118. The Morgan fingerprint density at radius 2 is 0.786 bits per heavy atom. The SMILES string of the molecule is CC(C)Nc1ccc(N)cc1F.CC(C)Nc1ccc([N+](=O)[O-])cc1F.CC1(C)OB(c2ccc(NCCO)c(F)c2)OC1(C)C.Nc1ccc(NCCO)c(F)c1.O=[N+]([O-])c1ccc(NCCO)c(F)c1.OCCNc1ccc(Br)cc1F. The average molecular weight is 1250 g/mol. The fraction of sp³-hybridized carbons (Fsp3) is 0.357. The molecule has 0 atom stereocenters. The van der Waals surface area contributed by atoms with Crippen LogP contribution in [-0.4, -0.2) is 113 Å². The number of nitrogen functional groups attached to an aromatic ring is 2. The number of hydrogen-bond donors (Lipinski definition) is 12. The smallest absolute Gasteiger partial charge is 0.399 e. The molecule has 20 nitrogen and oxygen atoms in total. The van der Waals surface area contributed by atoms with Crippen molar-refractivity contribution in [2.24, 2.45) is 0 Å². The van der Waals surface area contributed by atoms with E-state index in [4.69, 9.17) is 41.2 Å². The van der Waals surface area contributed by atoms with Crippen LogP contribution in [-0.2, 0) is 9.31 Å². The lowest BCUT2D eigenvalue weighted by atomic mass is 9.79. The largest absolute Gasteiger partial charge is 0.494 e. The van der Waals surface area contributed by atoms with Gasteiger partial charge >= 0.3 is 7.12 Å². The standard InChI is InChI=1S/C14H21BFNO3.C9H11FN2O2.C9H13FN2.C8H9BrFNO.C8H9FN2O3.C8H11FN2O/c1-13(2)14(3,4)20-15(19-13)10-5-6-12(11(16)9-10)17-7-8-18;1-6(2)11-9-4-3-7(12(13)14)5-8(9)10;1-6(2)12-9-4-3-7(11)5-8(9)10;9-6-1-2-8(7(10)5-6)11-3-4-12;9-7-5-6(11(13)14)1-2-8(7)10-3-4-12;9-7-5-6(10)1-2-8(7)11-3-4-12/h5-6,9,17-18H,7-8H2,1-4H3;3-6,11H,1-2H3;3-6,12H,11H2,1-2H3;1-2,5,11-12H,3-4H2;1-2,5,10,12H,3-4H2;1-2,5,11-12H,3-4,10H2. The third-order valence-electron chi connectivity index (χ3n) is 11.4. The van der Waals surface area contributed by atoms with Crippen molar-refractivity contribution in [3.8, 4) is 0 Å². The van der Waals surface area contributed by atoms with Crippen molar-refractivity contribution in [3.05, 3.63) is 169 Å². The number of nitro groups is 2. The maximum atomic E-state index is 14.0. The Balaban J connectivity index is 0.000000348. The molecule has 1 aliphatic rings. The molecule has 1 fully saturated rings. The number of non-ortho nitro benzene ring substituents is 2. The molecular formula is C56H74BBrF6N10O10. The van der Waals surface area contributed by atoms with Crippen LogP contribution in [0.4, 0.5) is 83.2 Å². The van der Waals surface area contributed by atoms with Gasteiger partial charge in [0.2, 0.25) is 0 Å². The second-order valence-electron chi connectivity index (χ2n) is 19.5. The van der Waals surface area contributed by atoms with E-state index in [2.05, 4.69) is 47.8 Å². The summed E-state index contributed by atoms with van der Waals surface area (Å²) in [6, 6.07) is 25.7. The summed E-state index contributed by atoms with van der Waals surface area (Å²) in [5.41, 5.74) is 12.9. The fourth-order valence-electron chi connectivity index (χ4n) is 6.64.